The third kappa shape index (κ3) is 3.06. The molecule has 0 spiro atoms. The molecule has 1 saturated heterocycles. The maximum absolute atomic E-state index is 4.63. The highest BCUT2D eigenvalue weighted by atomic mass is 79.9. The van der Waals surface area contributed by atoms with E-state index in [0.717, 1.165) is 29.6 Å². The van der Waals surface area contributed by atoms with Gasteiger partial charge in [-0.1, -0.05) is 26.0 Å². The van der Waals surface area contributed by atoms with Crippen molar-refractivity contribution >= 4 is 32.5 Å². The molecule has 1 aliphatic rings. The molecule has 2 atom stereocenters. The second kappa shape index (κ2) is 6.32. The van der Waals surface area contributed by atoms with E-state index in [1.165, 1.54) is 17.5 Å². The summed E-state index contributed by atoms with van der Waals surface area (Å²) in [6, 6.07) is 9.24. The summed E-state index contributed by atoms with van der Waals surface area (Å²) in [4.78, 5) is 7.12. The minimum atomic E-state index is 0.642. The highest BCUT2D eigenvalue weighted by molar-refractivity contribution is 9.10. The minimum Gasteiger partial charge on any atom is -0.369 e. The summed E-state index contributed by atoms with van der Waals surface area (Å²) in [6.45, 7) is 7.77. The molecule has 3 rings (SSSR count). The average molecular weight is 348 g/mol. The summed E-state index contributed by atoms with van der Waals surface area (Å²) in [5.41, 5.74) is 2.37. The monoisotopic (exact) mass is 347 g/mol. The number of pyridine rings is 1. The maximum atomic E-state index is 4.63. The van der Waals surface area contributed by atoms with E-state index >= 15 is 0 Å². The van der Waals surface area contributed by atoms with Crippen LogP contribution in [-0.4, -0.2) is 30.7 Å². The van der Waals surface area contributed by atoms with E-state index in [-0.39, 0.29) is 0 Å². The summed E-state index contributed by atoms with van der Waals surface area (Å²) >= 11 is 3.50. The van der Waals surface area contributed by atoms with Crippen molar-refractivity contribution in [2.75, 3.05) is 24.5 Å². The predicted molar refractivity (Wildman–Crippen MR) is 92.9 cm³/mol. The molecule has 1 aliphatic heterocycles. The summed E-state index contributed by atoms with van der Waals surface area (Å²) in [5.74, 6) is 0.657. The zero-order chi connectivity index (χ0) is 14.8. The summed E-state index contributed by atoms with van der Waals surface area (Å²) in [5, 5.41) is 4.80. The molecular weight excluding hydrogens is 326 g/mol. The van der Waals surface area contributed by atoms with Gasteiger partial charge in [-0.25, -0.2) is 0 Å². The molecule has 2 unspecified atom stereocenters. The van der Waals surface area contributed by atoms with Crippen molar-refractivity contribution in [1.82, 2.24) is 10.3 Å². The minimum absolute atomic E-state index is 0.642. The van der Waals surface area contributed by atoms with Gasteiger partial charge in [-0.05, 0) is 46.9 Å². The number of para-hydroxylation sites is 1. The van der Waals surface area contributed by atoms with Crippen molar-refractivity contribution in [2.45, 2.75) is 26.3 Å². The van der Waals surface area contributed by atoms with Crippen LogP contribution < -0.4 is 10.2 Å². The zero-order valence-corrected chi connectivity index (χ0v) is 14.2. The van der Waals surface area contributed by atoms with Crippen LogP contribution in [-0.2, 0) is 0 Å². The van der Waals surface area contributed by atoms with Crippen LogP contribution in [0.3, 0.4) is 0 Å². The van der Waals surface area contributed by atoms with Crippen LogP contribution in [0.15, 0.2) is 34.9 Å². The van der Waals surface area contributed by atoms with E-state index in [1.54, 1.807) is 0 Å². The van der Waals surface area contributed by atoms with Crippen molar-refractivity contribution in [1.29, 1.82) is 0 Å². The third-order valence-corrected chi connectivity index (χ3v) is 4.80. The van der Waals surface area contributed by atoms with Gasteiger partial charge in [-0.3, -0.25) is 4.98 Å². The van der Waals surface area contributed by atoms with Crippen LogP contribution in [0, 0.1) is 5.92 Å². The van der Waals surface area contributed by atoms with Crippen LogP contribution in [0.25, 0.3) is 10.9 Å². The van der Waals surface area contributed by atoms with Gasteiger partial charge >= 0.3 is 0 Å². The second-order valence-electron chi connectivity index (χ2n) is 5.88. The molecule has 1 aromatic heterocycles. The van der Waals surface area contributed by atoms with Gasteiger partial charge in [-0.15, -0.1) is 0 Å². The van der Waals surface area contributed by atoms with Gasteiger partial charge < -0.3 is 10.2 Å². The largest absolute Gasteiger partial charge is 0.369 e. The van der Waals surface area contributed by atoms with Crippen molar-refractivity contribution in [3.63, 3.8) is 0 Å². The Bertz CT molecular complexity index is 628. The van der Waals surface area contributed by atoms with E-state index in [2.05, 4.69) is 69.2 Å². The lowest BCUT2D eigenvalue weighted by atomic mass is 9.93. The Morgan fingerprint density at radius 3 is 3.05 bits per heavy atom. The molecule has 1 N–H and O–H groups in total. The van der Waals surface area contributed by atoms with Gasteiger partial charge in [0.15, 0.2) is 0 Å². The molecule has 0 radical (unpaired) electrons. The molecule has 0 amide bonds. The Kier molecular flexibility index (Phi) is 4.45. The number of fused-ring (bicyclic) bond motifs is 1. The fraction of sp³-hybridized carbons (Fsp3) is 0.471. The molecule has 2 aromatic rings. The maximum Gasteiger partial charge on any atom is 0.0936 e. The summed E-state index contributed by atoms with van der Waals surface area (Å²) in [6.07, 6.45) is 3.09. The van der Waals surface area contributed by atoms with Crippen LogP contribution in [0.4, 0.5) is 5.69 Å². The number of hydrogen-bond acceptors (Lipinski definition) is 3. The molecule has 112 valence electrons. The van der Waals surface area contributed by atoms with Crippen LogP contribution in [0.2, 0.25) is 0 Å². The van der Waals surface area contributed by atoms with E-state index in [4.69, 9.17) is 0 Å². The van der Waals surface area contributed by atoms with Crippen molar-refractivity contribution < 1.29 is 0 Å². The lowest BCUT2D eigenvalue weighted by molar-refractivity contribution is 0.327. The van der Waals surface area contributed by atoms with E-state index in [9.17, 15) is 0 Å². The number of piperidine rings is 1. The first kappa shape index (κ1) is 14.8. The number of benzene rings is 1. The average Bonchev–Trinajstić information content (AvgIpc) is 2.48. The highest BCUT2D eigenvalue weighted by Gasteiger charge is 2.26. The fourth-order valence-electron chi connectivity index (χ4n) is 3.30. The van der Waals surface area contributed by atoms with E-state index in [0.29, 0.717) is 12.0 Å². The van der Waals surface area contributed by atoms with Crippen molar-refractivity contribution in [3.8, 4) is 0 Å². The van der Waals surface area contributed by atoms with Gasteiger partial charge in [0.05, 0.1) is 11.2 Å². The van der Waals surface area contributed by atoms with Crippen molar-refractivity contribution in [2.24, 2.45) is 5.92 Å². The third-order valence-electron chi connectivity index (χ3n) is 4.37. The summed E-state index contributed by atoms with van der Waals surface area (Å²) in [7, 11) is 0. The van der Waals surface area contributed by atoms with Gasteiger partial charge in [0.1, 0.15) is 0 Å². The van der Waals surface area contributed by atoms with Crippen LogP contribution in [0.1, 0.15) is 20.3 Å². The molecule has 0 saturated carbocycles. The quantitative estimate of drug-likeness (QED) is 0.914. The predicted octanol–water partition coefficient (Wildman–Crippen LogP) is 3.82. The van der Waals surface area contributed by atoms with Gasteiger partial charge in [0.25, 0.3) is 0 Å². The first-order valence-corrected chi connectivity index (χ1v) is 8.51. The van der Waals surface area contributed by atoms with E-state index < -0.39 is 0 Å². The van der Waals surface area contributed by atoms with E-state index in [1.807, 2.05) is 6.20 Å². The van der Waals surface area contributed by atoms with Crippen LogP contribution in [0.5, 0.6) is 0 Å². The number of anilines is 1. The van der Waals surface area contributed by atoms with Gasteiger partial charge in [0, 0.05) is 35.2 Å². The number of halogens is 1. The molecule has 1 aromatic carbocycles. The summed E-state index contributed by atoms with van der Waals surface area (Å²) < 4.78 is 1.03. The first-order valence-electron chi connectivity index (χ1n) is 7.71. The number of aromatic nitrogens is 1. The Morgan fingerprint density at radius 1 is 1.43 bits per heavy atom. The normalized spacial score (nSPS) is 22.7. The Balaban J connectivity index is 1.88. The Hall–Kier alpha value is -1.13. The van der Waals surface area contributed by atoms with Gasteiger partial charge in [-0.2, -0.15) is 0 Å². The molecule has 21 heavy (non-hydrogen) atoms. The number of hydrogen-bond donors (Lipinski definition) is 1. The molecule has 3 nitrogen and oxygen atoms in total. The number of nitrogens with one attached hydrogen (secondary N) is 1. The first-order chi connectivity index (χ1) is 10.2. The fourth-order valence-corrected chi connectivity index (χ4v) is 3.65. The van der Waals surface area contributed by atoms with Crippen LogP contribution >= 0.6 is 15.9 Å². The Morgan fingerprint density at radius 2 is 2.29 bits per heavy atom. The van der Waals surface area contributed by atoms with Gasteiger partial charge in [0.2, 0.25) is 0 Å². The standard InChI is InChI=1S/C17H22BrN3/c1-3-19-15-7-8-21(11-12(15)2)16-6-4-5-13-9-14(18)10-20-17(13)16/h4-6,9-10,12,15,19H,3,7-8,11H2,1-2H3. The smallest absolute Gasteiger partial charge is 0.0936 e. The molecule has 2 heterocycles. The van der Waals surface area contributed by atoms with Crippen molar-refractivity contribution in [3.05, 3.63) is 34.9 Å². The number of rotatable bonds is 3. The number of nitrogens with zero attached hydrogens (tertiary/aromatic N) is 2. The Labute approximate surface area is 134 Å². The molecule has 0 aliphatic carbocycles. The topological polar surface area (TPSA) is 28.2 Å². The highest BCUT2D eigenvalue weighted by Crippen LogP contribution is 2.30. The molecule has 0 bridgehead atoms. The SMILES string of the molecule is CCNC1CCN(c2cccc3cc(Br)cnc23)CC1C. The second-order valence-corrected chi connectivity index (χ2v) is 6.79. The molecule has 1 fully saturated rings. The lowest BCUT2D eigenvalue weighted by Gasteiger charge is -2.38. The lowest BCUT2D eigenvalue weighted by Crippen LogP contribution is -2.48. The zero-order valence-electron chi connectivity index (χ0n) is 12.6. The molecular formula is C17H22BrN3. The molecule has 4 heteroatoms.